The van der Waals surface area contributed by atoms with Gasteiger partial charge in [-0.3, -0.25) is 9.69 Å². The molecule has 2 unspecified atom stereocenters. The minimum absolute atomic E-state index is 0.0704. The number of nitrogens with one attached hydrogen (secondary N) is 1. The summed E-state index contributed by atoms with van der Waals surface area (Å²) in [5, 5.41) is 2.87. The van der Waals surface area contributed by atoms with Crippen LogP contribution in [0.4, 0.5) is 11.4 Å². The standard InChI is InChI=1S/C15H23N3O3/c1-10-9-21-11(2)7-18(10)8-15(19)17-13-5-4-12(16)6-14(13)20-3/h4-6,10-11H,7-9,16H2,1-3H3,(H,17,19). The Bertz CT molecular complexity index is 507. The normalized spacial score (nSPS) is 22.8. The maximum absolute atomic E-state index is 12.2. The SMILES string of the molecule is COc1cc(N)ccc1NC(=O)CN1CC(C)OCC1C. The molecule has 21 heavy (non-hydrogen) atoms. The Balaban J connectivity index is 1.98. The van der Waals surface area contributed by atoms with Gasteiger partial charge >= 0.3 is 0 Å². The van der Waals surface area contributed by atoms with Gasteiger partial charge in [0.25, 0.3) is 0 Å². The Morgan fingerprint density at radius 2 is 2.29 bits per heavy atom. The number of morpholine rings is 1. The quantitative estimate of drug-likeness (QED) is 0.819. The third kappa shape index (κ3) is 4.09. The Morgan fingerprint density at radius 3 is 3.00 bits per heavy atom. The van der Waals surface area contributed by atoms with Gasteiger partial charge in [0, 0.05) is 24.3 Å². The van der Waals surface area contributed by atoms with Crippen LogP contribution in [0.25, 0.3) is 0 Å². The summed E-state index contributed by atoms with van der Waals surface area (Å²) in [6.45, 7) is 5.82. The second kappa shape index (κ2) is 6.78. The van der Waals surface area contributed by atoms with Gasteiger partial charge in [-0.15, -0.1) is 0 Å². The van der Waals surface area contributed by atoms with Crippen LogP contribution in [0.15, 0.2) is 18.2 Å². The smallest absolute Gasteiger partial charge is 0.238 e. The number of nitrogens with zero attached hydrogens (tertiary/aromatic N) is 1. The van der Waals surface area contributed by atoms with Gasteiger partial charge < -0.3 is 20.5 Å². The summed E-state index contributed by atoms with van der Waals surface area (Å²) < 4.78 is 10.8. The maximum atomic E-state index is 12.2. The third-order valence-corrected chi connectivity index (χ3v) is 3.58. The molecular weight excluding hydrogens is 270 g/mol. The van der Waals surface area contributed by atoms with Crippen molar-refractivity contribution in [3.8, 4) is 5.75 Å². The summed E-state index contributed by atoms with van der Waals surface area (Å²) in [6.07, 6.45) is 0.153. The molecule has 0 radical (unpaired) electrons. The number of carbonyl (C=O) groups excluding carboxylic acids is 1. The fourth-order valence-electron chi connectivity index (χ4n) is 2.38. The largest absolute Gasteiger partial charge is 0.494 e. The average Bonchev–Trinajstić information content (AvgIpc) is 2.44. The van der Waals surface area contributed by atoms with E-state index in [9.17, 15) is 4.79 Å². The van der Waals surface area contributed by atoms with E-state index in [1.807, 2.05) is 6.92 Å². The summed E-state index contributed by atoms with van der Waals surface area (Å²) in [6, 6.07) is 5.41. The number of amides is 1. The first kappa shape index (κ1) is 15.6. The minimum Gasteiger partial charge on any atom is -0.494 e. The van der Waals surface area contributed by atoms with E-state index < -0.39 is 0 Å². The predicted octanol–water partition coefficient (Wildman–Crippen LogP) is 1.33. The lowest BCUT2D eigenvalue weighted by Gasteiger charge is -2.36. The van der Waals surface area contributed by atoms with Gasteiger partial charge in [-0.1, -0.05) is 0 Å². The summed E-state index contributed by atoms with van der Waals surface area (Å²) >= 11 is 0. The molecule has 0 saturated carbocycles. The lowest BCUT2D eigenvalue weighted by atomic mass is 10.2. The van der Waals surface area contributed by atoms with Crippen LogP contribution in [0.1, 0.15) is 13.8 Å². The fraction of sp³-hybridized carbons (Fsp3) is 0.533. The van der Waals surface area contributed by atoms with Crippen molar-refractivity contribution in [3.63, 3.8) is 0 Å². The lowest BCUT2D eigenvalue weighted by molar-refractivity contribution is -0.121. The van der Waals surface area contributed by atoms with E-state index in [1.54, 1.807) is 25.3 Å². The fourth-order valence-corrected chi connectivity index (χ4v) is 2.38. The molecule has 1 heterocycles. The van der Waals surface area contributed by atoms with E-state index in [0.29, 0.717) is 30.3 Å². The highest BCUT2D eigenvalue weighted by atomic mass is 16.5. The average molecular weight is 293 g/mol. The number of carbonyl (C=O) groups is 1. The van der Waals surface area contributed by atoms with Gasteiger partial charge in [0.1, 0.15) is 5.75 Å². The lowest BCUT2D eigenvalue weighted by Crippen LogP contribution is -2.50. The van der Waals surface area contributed by atoms with Gasteiger partial charge in [-0.25, -0.2) is 0 Å². The molecule has 2 atom stereocenters. The topological polar surface area (TPSA) is 76.8 Å². The van der Waals surface area contributed by atoms with Crippen LogP contribution < -0.4 is 15.8 Å². The number of nitrogen functional groups attached to an aromatic ring is 1. The third-order valence-electron chi connectivity index (χ3n) is 3.58. The van der Waals surface area contributed by atoms with Gasteiger partial charge in [0.05, 0.1) is 32.1 Å². The molecule has 116 valence electrons. The Labute approximate surface area is 125 Å². The van der Waals surface area contributed by atoms with Crippen LogP contribution in [0.2, 0.25) is 0 Å². The van der Waals surface area contributed by atoms with Crippen molar-refractivity contribution < 1.29 is 14.3 Å². The Kier molecular flexibility index (Phi) is 5.03. The van der Waals surface area contributed by atoms with Crippen LogP contribution in [-0.2, 0) is 9.53 Å². The molecule has 1 aromatic carbocycles. The first-order chi connectivity index (χ1) is 9.99. The van der Waals surface area contributed by atoms with Gasteiger partial charge in [0.2, 0.25) is 5.91 Å². The number of benzene rings is 1. The summed E-state index contributed by atoms with van der Waals surface area (Å²) in [4.78, 5) is 14.3. The summed E-state index contributed by atoms with van der Waals surface area (Å²) in [7, 11) is 1.55. The molecule has 0 aliphatic carbocycles. The molecule has 1 fully saturated rings. The number of ether oxygens (including phenoxy) is 2. The van der Waals surface area contributed by atoms with Crippen LogP contribution >= 0.6 is 0 Å². The molecule has 6 nitrogen and oxygen atoms in total. The van der Waals surface area contributed by atoms with Crippen molar-refractivity contribution in [2.24, 2.45) is 0 Å². The highest BCUT2D eigenvalue weighted by Gasteiger charge is 2.25. The molecule has 1 amide bonds. The molecule has 6 heteroatoms. The van der Waals surface area contributed by atoms with Crippen LogP contribution in [0.3, 0.4) is 0 Å². The molecule has 1 saturated heterocycles. The Morgan fingerprint density at radius 1 is 1.52 bits per heavy atom. The number of nitrogens with two attached hydrogens (primary N) is 1. The number of rotatable bonds is 4. The number of hydrogen-bond donors (Lipinski definition) is 2. The zero-order chi connectivity index (χ0) is 15.4. The van der Waals surface area contributed by atoms with Crippen molar-refractivity contribution in [3.05, 3.63) is 18.2 Å². The van der Waals surface area contributed by atoms with Crippen molar-refractivity contribution in [1.82, 2.24) is 4.90 Å². The van der Waals surface area contributed by atoms with Crippen LogP contribution in [-0.4, -0.2) is 49.8 Å². The molecule has 0 bridgehead atoms. The van der Waals surface area contributed by atoms with E-state index in [4.69, 9.17) is 15.2 Å². The zero-order valence-corrected chi connectivity index (χ0v) is 12.8. The van der Waals surface area contributed by atoms with Crippen LogP contribution in [0, 0.1) is 0 Å². The molecule has 0 spiro atoms. The number of hydrogen-bond acceptors (Lipinski definition) is 5. The van der Waals surface area contributed by atoms with Crippen molar-refractivity contribution in [1.29, 1.82) is 0 Å². The molecule has 1 aromatic rings. The minimum atomic E-state index is -0.0704. The molecule has 0 aromatic heterocycles. The molecular formula is C15H23N3O3. The van der Waals surface area contributed by atoms with Gasteiger partial charge in [-0.2, -0.15) is 0 Å². The van der Waals surface area contributed by atoms with E-state index in [-0.39, 0.29) is 18.1 Å². The molecule has 2 rings (SSSR count). The second-order valence-corrected chi connectivity index (χ2v) is 5.43. The first-order valence-corrected chi connectivity index (χ1v) is 7.08. The van der Waals surface area contributed by atoms with Gasteiger partial charge in [0.15, 0.2) is 0 Å². The Hall–Kier alpha value is -1.79. The van der Waals surface area contributed by atoms with Crippen molar-refractivity contribution in [2.45, 2.75) is 26.0 Å². The number of methoxy groups -OCH3 is 1. The summed E-state index contributed by atoms with van der Waals surface area (Å²) in [5.74, 6) is 0.491. The monoisotopic (exact) mass is 293 g/mol. The van der Waals surface area contributed by atoms with E-state index in [0.717, 1.165) is 6.54 Å². The van der Waals surface area contributed by atoms with Crippen molar-refractivity contribution in [2.75, 3.05) is 37.9 Å². The highest BCUT2D eigenvalue weighted by Crippen LogP contribution is 2.26. The van der Waals surface area contributed by atoms with Crippen LogP contribution in [0.5, 0.6) is 5.75 Å². The van der Waals surface area contributed by atoms with E-state index in [2.05, 4.69) is 17.1 Å². The number of anilines is 2. The molecule has 1 aliphatic heterocycles. The highest BCUT2D eigenvalue weighted by molar-refractivity contribution is 5.94. The van der Waals surface area contributed by atoms with E-state index in [1.165, 1.54) is 0 Å². The second-order valence-electron chi connectivity index (χ2n) is 5.43. The molecule has 3 N–H and O–H groups in total. The maximum Gasteiger partial charge on any atom is 0.238 e. The zero-order valence-electron chi connectivity index (χ0n) is 12.8. The summed E-state index contributed by atoms with van der Waals surface area (Å²) in [5.41, 5.74) is 6.93. The predicted molar refractivity (Wildman–Crippen MR) is 82.5 cm³/mol. The first-order valence-electron chi connectivity index (χ1n) is 7.08. The van der Waals surface area contributed by atoms with Gasteiger partial charge in [-0.05, 0) is 26.0 Å². The molecule has 1 aliphatic rings. The van der Waals surface area contributed by atoms with E-state index >= 15 is 0 Å². The van der Waals surface area contributed by atoms with Crippen molar-refractivity contribution >= 4 is 17.3 Å².